The summed E-state index contributed by atoms with van der Waals surface area (Å²) in [6.07, 6.45) is 0. The standard InChI is InChI=1S/C10H14N2OS/c1-6(2)12-7(3)4-5-8(9(11)14)10(12)13/h4-6H,1-3H3,(H2,11,14). The maximum absolute atomic E-state index is 11.9. The van der Waals surface area contributed by atoms with Gasteiger partial charge >= 0.3 is 0 Å². The zero-order chi connectivity index (χ0) is 10.9. The molecule has 0 bridgehead atoms. The lowest BCUT2D eigenvalue weighted by Crippen LogP contribution is -2.31. The first-order valence-corrected chi connectivity index (χ1v) is 4.88. The molecule has 0 amide bonds. The van der Waals surface area contributed by atoms with E-state index in [9.17, 15) is 4.79 Å². The van der Waals surface area contributed by atoms with Crippen LogP contribution in [0.25, 0.3) is 0 Å². The molecule has 0 saturated heterocycles. The Hall–Kier alpha value is -1.16. The maximum Gasteiger partial charge on any atom is 0.261 e. The quantitative estimate of drug-likeness (QED) is 0.750. The van der Waals surface area contributed by atoms with Crippen LogP contribution in [-0.2, 0) is 0 Å². The monoisotopic (exact) mass is 210 g/mol. The smallest absolute Gasteiger partial charge is 0.261 e. The predicted octanol–water partition coefficient (Wildman–Crippen LogP) is 1.37. The fourth-order valence-corrected chi connectivity index (χ4v) is 1.63. The molecule has 14 heavy (non-hydrogen) atoms. The molecule has 0 atom stereocenters. The summed E-state index contributed by atoms with van der Waals surface area (Å²) < 4.78 is 1.69. The van der Waals surface area contributed by atoms with Crippen LogP contribution >= 0.6 is 12.2 Å². The molecule has 1 rings (SSSR count). The van der Waals surface area contributed by atoms with Gasteiger partial charge in [0.25, 0.3) is 5.56 Å². The van der Waals surface area contributed by atoms with Crippen molar-refractivity contribution in [3.8, 4) is 0 Å². The van der Waals surface area contributed by atoms with Crippen LogP contribution in [0.1, 0.15) is 31.1 Å². The van der Waals surface area contributed by atoms with E-state index in [0.29, 0.717) is 5.56 Å². The van der Waals surface area contributed by atoms with Gasteiger partial charge in [0.2, 0.25) is 0 Å². The molecule has 0 aromatic carbocycles. The van der Waals surface area contributed by atoms with E-state index in [1.807, 2.05) is 26.8 Å². The Bertz CT molecular complexity index is 421. The van der Waals surface area contributed by atoms with E-state index in [1.165, 1.54) is 0 Å². The molecule has 0 radical (unpaired) electrons. The Kier molecular flexibility index (Phi) is 3.06. The Morgan fingerprint density at radius 3 is 2.50 bits per heavy atom. The van der Waals surface area contributed by atoms with Crippen molar-refractivity contribution in [2.75, 3.05) is 0 Å². The molecule has 3 nitrogen and oxygen atoms in total. The molecule has 4 heteroatoms. The van der Waals surface area contributed by atoms with E-state index in [1.54, 1.807) is 10.6 Å². The van der Waals surface area contributed by atoms with Crippen LogP contribution in [0.15, 0.2) is 16.9 Å². The average molecular weight is 210 g/mol. The average Bonchev–Trinajstić information content (AvgIpc) is 2.02. The summed E-state index contributed by atoms with van der Waals surface area (Å²) >= 11 is 4.80. The molecule has 0 fully saturated rings. The summed E-state index contributed by atoms with van der Waals surface area (Å²) in [5, 5.41) is 0. The lowest BCUT2D eigenvalue weighted by atomic mass is 10.2. The first-order valence-electron chi connectivity index (χ1n) is 4.47. The number of hydrogen-bond acceptors (Lipinski definition) is 2. The zero-order valence-electron chi connectivity index (χ0n) is 8.57. The molecular formula is C10H14N2OS. The van der Waals surface area contributed by atoms with Crippen molar-refractivity contribution in [2.24, 2.45) is 5.73 Å². The molecule has 0 aliphatic rings. The van der Waals surface area contributed by atoms with Gasteiger partial charge in [0.15, 0.2) is 0 Å². The summed E-state index contributed by atoms with van der Waals surface area (Å²) in [7, 11) is 0. The highest BCUT2D eigenvalue weighted by molar-refractivity contribution is 7.80. The Morgan fingerprint density at radius 1 is 1.50 bits per heavy atom. The highest BCUT2D eigenvalue weighted by atomic mass is 32.1. The van der Waals surface area contributed by atoms with Gasteiger partial charge in [-0.25, -0.2) is 0 Å². The molecule has 0 aliphatic heterocycles. The van der Waals surface area contributed by atoms with E-state index >= 15 is 0 Å². The van der Waals surface area contributed by atoms with Gasteiger partial charge in [-0.05, 0) is 32.9 Å². The van der Waals surface area contributed by atoms with Gasteiger partial charge in [0, 0.05) is 11.7 Å². The minimum absolute atomic E-state index is 0.104. The van der Waals surface area contributed by atoms with Gasteiger partial charge in [0.1, 0.15) is 4.99 Å². The van der Waals surface area contributed by atoms with Crippen molar-refractivity contribution in [1.82, 2.24) is 4.57 Å². The summed E-state index contributed by atoms with van der Waals surface area (Å²) in [6, 6.07) is 3.66. The minimum atomic E-state index is -0.104. The van der Waals surface area contributed by atoms with E-state index in [0.717, 1.165) is 5.69 Å². The highest BCUT2D eigenvalue weighted by Gasteiger charge is 2.10. The second-order valence-electron chi connectivity index (χ2n) is 3.52. The van der Waals surface area contributed by atoms with Crippen molar-refractivity contribution < 1.29 is 0 Å². The van der Waals surface area contributed by atoms with Gasteiger partial charge in [-0.1, -0.05) is 12.2 Å². The van der Waals surface area contributed by atoms with Gasteiger partial charge in [-0.15, -0.1) is 0 Å². The van der Waals surface area contributed by atoms with E-state index in [2.05, 4.69) is 0 Å². The number of nitrogens with two attached hydrogens (primary N) is 1. The van der Waals surface area contributed by atoms with Gasteiger partial charge in [0.05, 0.1) is 5.56 Å². The normalized spacial score (nSPS) is 10.6. The van der Waals surface area contributed by atoms with Crippen LogP contribution in [0.3, 0.4) is 0 Å². The number of pyridine rings is 1. The molecule has 1 aromatic rings. The first kappa shape index (κ1) is 10.9. The number of nitrogens with zero attached hydrogens (tertiary/aromatic N) is 1. The molecule has 0 aliphatic carbocycles. The fraction of sp³-hybridized carbons (Fsp3) is 0.400. The number of aryl methyl sites for hydroxylation is 1. The van der Waals surface area contributed by atoms with E-state index in [-0.39, 0.29) is 16.6 Å². The number of thiocarbonyl (C=S) groups is 1. The number of hydrogen-bond donors (Lipinski definition) is 1. The summed E-state index contributed by atoms with van der Waals surface area (Å²) in [5.74, 6) is 0. The molecule has 0 spiro atoms. The second kappa shape index (κ2) is 3.92. The summed E-state index contributed by atoms with van der Waals surface area (Å²) in [5.41, 5.74) is 6.68. The molecule has 1 aromatic heterocycles. The number of aromatic nitrogens is 1. The topological polar surface area (TPSA) is 48.0 Å². The lowest BCUT2D eigenvalue weighted by molar-refractivity contribution is 0.562. The van der Waals surface area contributed by atoms with Gasteiger partial charge in [-0.2, -0.15) is 0 Å². The molecular weight excluding hydrogens is 196 g/mol. The van der Waals surface area contributed by atoms with Crippen LogP contribution in [0.2, 0.25) is 0 Å². The molecule has 0 unspecified atom stereocenters. The lowest BCUT2D eigenvalue weighted by Gasteiger charge is -2.14. The van der Waals surface area contributed by atoms with E-state index < -0.39 is 0 Å². The molecule has 2 N–H and O–H groups in total. The van der Waals surface area contributed by atoms with Crippen molar-refractivity contribution in [2.45, 2.75) is 26.8 Å². The summed E-state index contributed by atoms with van der Waals surface area (Å²) in [4.78, 5) is 12.0. The Labute approximate surface area is 88.5 Å². The van der Waals surface area contributed by atoms with Gasteiger partial charge < -0.3 is 10.3 Å². The largest absolute Gasteiger partial charge is 0.389 e. The highest BCUT2D eigenvalue weighted by Crippen LogP contribution is 2.06. The van der Waals surface area contributed by atoms with Crippen LogP contribution in [-0.4, -0.2) is 9.56 Å². The van der Waals surface area contributed by atoms with Crippen LogP contribution < -0.4 is 11.3 Å². The van der Waals surface area contributed by atoms with Crippen LogP contribution in [0, 0.1) is 6.92 Å². The van der Waals surface area contributed by atoms with Gasteiger partial charge in [-0.3, -0.25) is 4.79 Å². The van der Waals surface area contributed by atoms with Crippen molar-refractivity contribution in [3.05, 3.63) is 33.7 Å². The van der Waals surface area contributed by atoms with E-state index in [4.69, 9.17) is 18.0 Å². The third-order valence-corrected chi connectivity index (χ3v) is 2.32. The summed E-state index contributed by atoms with van der Waals surface area (Å²) in [6.45, 7) is 5.81. The Balaban J connectivity index is 3.50. The third-order valence-electron chi connectivity index (χ3n) is 2.10. The molecule has 1 heterocycles. The molecule has 0 saturated carbocycles. The van der Waals surface area contributed by atoms with Crippen molar-refractivity contribution in [3.63, 3.8) is 0 Å². The van der Waals surface area contributed by atoms with Crippen LogP contribution in [0.4, 0.5) is 0 Å². The van der Waals surface area contributed by atoms with Crippen LogP contribution in [0.5, 0.6) is 0 Å². The number of rotatable bonds is 2. The zero-order valence-corrected chi connectivity index (χ0v) is 9.39. The van der Waals surface area contributed by atoms with Crippen molar-refractivity contribution in [1.29, 1.82) is 0 Å². The maximum atomic E-state index is 11.9. The molecule has 76 valence electrons. The minimum Gasteiger partial charge on any atom is -0.389 e. The third kappa shape index (κ3) is 1.85. The van der Waals surface area contributed by atoms with Crippen molar-refractivity contribution >= 4 is 17.2 Å². The SMILES string of the molecule is Cc1ccc(C(N)=S)c(=O)n1C(C)C. The first-order chi connectivity index (χ1) is 6.45. The fourth-order valence-electron chi connectivity index (χ4n) is 1.47. The predicted molar refractivity (Wildman–Crippen MR) is 61.7 cm³/mol. The Morgan fingerprint density at radius 2 is 2.07 bits per heavy atom. The second-order valence-corrected chi connectivity index (χ2v) is 3.96.